The van der Waals surface area contributed by atoms with Crippen molar-refractivity contribution in [3.05, 3.63) is 0 Å². The fourth-order valence-electron chi connectivity index (χ4n) is 3.58. The van der Waals surface area contributed by atoms with E-state index in [1.54, 1.807) is 0 Å². The molecule has 2 aliphatic carbocycles. The van der Waals surface area contributed by atoms with Crippen LogP contribution in [0.25, 0.3) is 0 Å². The molecule has 17 heavy (non-hydrogen) atoms. The lowest BCUT2D eigenvalue weighted by Gasteiger charge is -2.41. The summed E-state index contributed by atoms with van der Waals surface area (Å²) in [7, 11) is 4.43. The molecule has 0 aromatic rings. The van der Waals surface area contributed by atoms with Crippen LogP contribution in [0.5, 0.6) is 0 Å². The molecule has 3 N–H and O–H groups in total. The molecular formula is C14H29N3. The first-order valence-corrected chi connectivity index (χ1v) is 7.35. The maximum absolute atomic E-state index is 5.98. The van der Waals surface area contributed by atoms with Crippen molar-refractivity contribution in [2.75, 3.05) is 14.1 Å². The molecule has 0 saturated heterocycles. The minimum Gasteiger partial charge on any atom is -0.328 e. The monoisotopic (exact) mass is 239 g/mol. The maximum Gasteiger partial charge on any atom is 0.00963 e. The van der Waals surface area contributed by atoms with Gasteiger partial charge in [-0.05, 0) is 65.5 Å². The largest absolute Gasteiger partial charge is 0.328 e. The Labute approximate surface area is 106 Å². The quantitative estimate of drug-likeness (QED) is 0.788. The van der Waals surface area contributed by atoms with Crippen LogP contribution in [-0.4, -0.2) is 43.2 Å². The maximum atomic E-state index is 5.98. The van der Waals surface area contributed by atoms with E-state index < -0.39 is 0 Å². The average Bonchev–Trinajstić information content (AvgIpc) is 2.39. The van der Waals surface area contributed by atoms with Crippen molar-refractivity contribution < 1.29 is 0 Å². The molecule has 0 spiro atoms. The molecule has 2 aliphatic rings. The van der Waals surface area contributed by atoms with Crippen LogP contribution in [0.15, 0.2) is 0 Å². The van der Waals surface area contributed by atoms with E-state index in [4.69, 9.17) is 5.73 Å². The molecule has 100 valence electrons. The number of nitrogens with zero attached hydrogens (tertiary/aromatic N) is 1. The van der Waals surface area contributed by atoms with Crippen LogP contribution in [0, 0.1) is 0 Å². The Morgan fingerprint density at radius 2 is 1.35 bits per heavy atom. The van der Waals surface area contributed by atoms with Crippen molar-refractivity contribution in [1.29, 1.82) is 0 Å². The van der Waals surface area contributed by atoms with E-state index in [0.717, 1.165) is 18.1 Å². The standard InChI is InChI=1S/C14H29N3/c1-16-12-5-9-14(10-6-12)17(2)13-7-3-11(15)4-8-13/h11-14,16H,3-10,15H2,1-2H3. The Morgan fingerprint density at radius 1 is 0.882 bits per heavy atom. The minimum absolute atomic E-state index is 0.472. The molecule has 3 heteroatoms. The first kappa shape index (κ1) is 13.3. The van der Waals surface area contributed by atoms with Crippen LogP contribution in [-0.2, 0) is 0 Å². The van der Waals surface area contributed by atoms with Gasteiger partial charge in [-0.3, -0.25) is 0 Å². The predicted octanol–water partition coefficient (Wildman–Crippen LogP) is 1.72. The van der Waals surface area contributed by atoms with Gasteiger partial charge in [0.25, 0.3) is 0 Å². The van der Waals surface area contributed by atoms with E-state index in [0.29, 0.717) is 6.04 Å². The fraction of sp³-hybridized carbons (Fsp3) is 1.00. The Balaban J connectivity index is 1.78. The van der Waals surface area contributed by atoms with Crippen molar-refractivity contribution in [2.45, 2.75) is 75.5 Å². The molecule has 0 atom stereocenters. The molecule has 2 saturated carbocycles. The molecule has 0 heterocycles. The Kier molecular flexibility index (Phi) is 4.83. The molecule has 0 amide bonds. The van der Waals surface area contributed by atoms with Gasteiger partial charge in [0.1, 0.15) is 0 Å². The van der Waals surface area contributed by atoms with Gasteiger partial charge in [0.15, 0.2) is 0 Å². The molecule has 2 rings (SSSR count). The average molecular weight is 239 g/mol. The van der Waals surface area contributed by atoms with Crippen molar-refractivity contribution in [3.8, 4) is 0 Å². The van der Waals surface area contributed by atoms with Gasteiger partial charge in [-0.15, -0.1) is 0 Å². The lowest BCUT2D eigenvalue weighted by Crippen LogP contribution is -2.46. The lowest BCUT2D eigenvalue weighted by atomic mass is 9.86. The molecule has 0 aromatic carbocycles. The van der Waals surface area contributed by atoms with E-state index in [-0.39, 0.29) is 0 Å². The zero-order chi connectivity index (χ0) is 12.3. The minimum atomic E-state index is 0.472. The fourth-order valence-corrected chi connectivity index (χ4v) is 3.58. The van der Waals surface area contributed by atoms with E-state index in [1.165, 1.54) is 51.4 Å². The van der Waals surface area contributed by atoms with Crippen LogP contribution in [0.4, 0.5) is 0 Å². The summed E-state index contributed by atoms with van der Waals surface area (Å²) in [5.41, 5.74) is 5.98. The van der Waals surface area contributed by atoms with Crippen molar-refractivity contribution in [2.24, 2.45) is 5.73 Å². The van der Waals surface area contributed by atoms with E-state index in [2.05, 4.69) is 24.3 Å². The molecule has 3 nitrogen and oxygen atoms in total. The Hall–Kier alpha value is -0.120. The van der Waals surface area contributed by atoms with Gasteiger partial charge in [-0.1, -0.05) is 0 Å². The van der Waals surface area contributed by atoms with Crippen molar-refractivity contribution in [3.63, 3.8) is 0 Å². The summed E-state index contributed by atoms with van der Waals surface area (Å²) in [5, 5.41) is 3.41. The van der Waals surface area contributed by atoms with Gasteiger partial charge in [-0.2, -0.15) is 0 Å². The number of nitrogens with two attached hydrogens (primary N) is 1. The van der Waals surface area contributed by atoms with E-state index >= 15 is 0 Å². The van der Waals surface area contributed by atoms with Crippen LogP contribution in [0.1, 0.15) is 51.4 Å². The second kappa shape index (κ2) is 6.17. The van der Waals surface area contributed by atoms with Gasteiger partial charge < -0.3 is 16.0 Å². The zero-order valence-electron chi connectivity index (χ0n) is 11.5. The van der Waals surface area contributed by atoms with Gasteiger partial charge in [0, 0.05) is 24.2 Å². The highest BCUT2D eigenvalue weighted by Gasteiger charge is 2.29. The molecular weight excluding hydrogens is 210 g/mol. The summed E-state index contributed by atoms with van der Waals surface area (Å²) in [6.45, 7) is 0. The Morgan fingerprint density at radius 3 is 1.82 bits per heavy atom. The SMILES string of the molecule is CNC1CCC(N(C)C2CCC(N)CC2)CC1. The Bertz CT molecular complexity index is 216. The summed E-state index contributed by atoms with van der Waals surface area (Å²) < 4.78 is 0. The molecule has 0 bridgehead atoms. The highest BCUT2D eigenvalue weighted by Crippen LogP contribution is 2.28. The third-order valence-electron chi connectivity index (χ3n) is 5.00. The van der Waals surface area contributed by atoms with Crippen LogP contribution >= 0.6 is 0 Å². The van der Waals surface area contributed by atoms with Gasteiger partial charge in [-0.25, -0.2) is 0 Å². The molecule has 0 aliphatic heterocycles. The van der Waals surface area contributed by atoms with Crippen LogP contribution in [0.2, 0.25) is 0 Å². The van der Waals surface area contributed by atoms with Gasteiger partial charge in [0.05, 0.1) is 0 Å². The molecule has 0 aromatic heterocycles. The van der Waals surface area contributed by atoms with E-state index in [9.17, 15) is 0 Å². The second-order valence-electron chi connectivity index (χ2n) is 6.03. The summed E-state index contributed by atoms with van der Waals surface area (Å²) in [4.78, 5) is 2.66. The van der Waals surface area contributed by atoms with Crippen LogP contribution in [0.3, 0.4) is 0 Å². The molecule has 0 radical (unpaired) electrons. The normalized spacial score (nSPS) is 39.5. The van der Waals surface area contributed by atoms with Crippen molar-refractivity contribution >= 4 is 0 Å². The number of rotatable bonds is 3. The number of hydrogen-bond acceptors (Lipinski definition) is 3. The predicted molar refractivity (Wildman–Crippen MR) is 73.1 cm³/mol. The van der Waals surface area contributed by atoms with Gasteiger partial charge in [0.2, 0.25) is 0 Å². The first-order chi connectivity index (χ1) is 8.20. The van der Waals surface area contributed by atoms with Gasteiger partial charge >= 0.3 is 0 Å². The van der Waals surface area contributed by atoms with Crippen molar-refractivity contribution in [1.82, 2.24) is 10.2 Å². The second-order valence-corrected chi connectivity index (χ2v) is 6.03. The van der Waals surface area contributed by atoms with E-state index in [1.807, 2.05) is 0 Å². The topological polar surface area (TPSA) is 41.3 Å². The highest BCUT2D eigenvalue weighted by atomic mass is 15.2. The van der Waals surface area contributed by atoms with Crippen LogP contribution < -0.4 is 11.1 Å². The summed E-state index contributed by atoms with van der Waals surface area (Å²) >= 11 is 0. The smallest absolute Gasteiger partial charge is 0.00963 e. The highest BCUT2D eigenvalue weighted by molar-refractivity contribution is 4.87. The summed E-state index contributed by atoms with van der Waals surface area (Å²) in [5.74, 6) is 0. The summed E-state index contributed by atoms with van der Waals surface area (Å²) in [6.07, 6.45) is 10.5. The third-order valence-corrected chi connectivity index (χ3v) is 5.00. The molecule has 2 fully saturated rings. The number of hydrogen-bond donors (Lipinski definition) is 2. The molecule has 0 unspecified atom stereocenters. The third kappa shape index (κ3) is 3.43. The lowest BCUT2D eigenvalue weighted by molar-refractivity contribution is 0.100. The first-order valence-electron chi connectivity index (χ1n) is 7.35. The number of nitrogens with one attached hydrogen (secondary N) is 1. The zero-order valence-corrected chi connectivity index (χ0v) is 11.5. The summed E-state index contributed by atoms with van der Waals surface area (Å²) in [6, 6.07) is 2.85.